The summed E-state index contributed by atoms with van der Waals surface area (Å²) < 4.78 is 16.7. The predicted molar refractivity (Wildman–Crippen MR) is 260 cm³/mol. The molecule has 0 radical (unpaired) electrons. The van der Waals surface area contributed by atoms with Crippen molar-refractivity contribution in [3.05, 3.63) is 109 Å². The minimum Gasteiger partial charge on any atom is -0.462 e. The predicted octanol–water partition coefficient (Wildman–Crippen LogP) is 16.0. The Morgan fingerprint density at radius 2 is 0.672 bits per heavy atom. The van der Waals surface area contributed by atoms with Gasteiger partial charge in [-0.2, -0.15) is 0 Å². The maximum Gasteiger partial charge on any atom is 0.306 e. The smallest absolute Gasteiger partial charge is 0.306 e. The summed E-state index contributed by atoms with van der Waals surface area (Å²) >= 11 is 0. The van der Waals surface area contributed by atoms with Gasteiger partial charge in [-0.15, -0.1) is 0 Å². The molecule has 0 saturated carbocycles. The summed E-state index contributed by atoms with van der Waals surface area (Å²) in [5.74, 6) is -1.03. The molecule has 0 aromatic carbocycles. The molecule has 1 unspecified atom stereocenters. The van der Waals surface area contributed by atoms with Crippen LogP contribution in [0.5, 0.6) is 0 Å². The van der Waals surface area contributed by atoms with Crippen LogP contribution in [0.4, 0.5) is 0 Å². The lowest BCUT2D eigenvalue weighted by atomic mass is 10.1. The molecule has 6 nitrogen and oxygen atoms in total. The summed E-state index contributed by atoms with van der Waals surface area (Å²) in [5, 5.41) is 0. The van der Waals surface area contributed by atoms with E-state index in [0.717, 1.165) is 122 Å². The van der Waals surface area contributed by atoms with Gasteiger partial charge in [0.05, 0.1) is 0 Å². The van der Waals surface area contributed by atoms with Crippen molar-refractivity contribution in [1.29, 1.82) is 0 Å². The Morgan fingerprint density at radius 1 is 0.344 bits per heavy atom. The molecule has 61 heavy (non-hydrogen) atoms. The van der Waals surface area contributed by atoms with Crippen LogP contribution in [0.3, 0.4) is 0 Å². The van der Waals surface area contributed by atoms with E-state index in [1.807, 2.05) is 12.2 Å². The summed E-state index contributed by atoms with van der Waals surface area (Å²) in [6.07, 6.45) is 65.1. The lowest BCUT2D eigenvalue weighted by molar-refractivity contribution is -0.166. The summed E-state index contributed by atoms with van der Waals surface area (Å²) in [4.78, 5) is 37.9. The van der Waals surface area contributed by atoms with Gasteiger partial charge in [-0.05, 0) is 103 Å². The highest BCUT2D eigenvalue weighted by atomic mass is 16.6. The van der Waals surface area contributed by atoms with E-state index in [1.54, 1.807) is 0 Å². The first-order chi connectivity index (χ1) is 30.0. The minimum absolute atomic E-state index is 0.119. The largest absolute Gasteiger partial charge is 0.462 e. The zero-order valence-electron chi connectivity index (χ0n) is 39.1. The standard InChI is InChI=1S/C55H88O6/c1-4-7-10-13-16-19-22-25-26-27-28-31-33-36-39-42-45-48-54(57)60-51-52(61-55(58)49-46-43-40-37-34-30-24-21-18-15-12-9-6-3)50-59-53(56)47-44-41-38-35-32-29-23-20-17-14-11-8-5-2/h7,9-12,14,16,18-21,23,25-26,30,34,40,43,52H,4-6,8,13,15,17,22,24,27-29,31-33,35-39,41-42,44-51H2,1-3H3/b10-7-,12-9-,14-11-,19-16-,21-18-,23-20-,26-25-,34-30-,43-40-. The van der Waals surface area contributed by atoms with Crippen molar-refractivity contribution < 1.29 is 28.6 Å². The number of esters is 3. The first-order valence-corrected chi connectivity index (χ1v) is 24.4. The minimum atomic E-state index is -0.827. The number of ether oxygens (including phenoxy) is 3. The van der Waals surface area contributed by atoms with Crippen molar-refractivity contribution in [1.82, 2.24) is 0 Å². The van der Waals surface area contributed by atoms with Crippen LogP contribution in [0.15, 0.2) is 109 Å². The van der Waals surface area contributed by atoms with Crippen LogP contribution >= 0.6 is 0 Å². The molecule has 0 aliphatic carbocycles. The van der Waals surface area contributed by atoms with E-state index < -0.39 is 12.1 Å². The molecule has 0 aromatic heterocycles. The number of hydrogen-bond acceptors (Lipinski definition) is 6. The molecule has 344 valence electrons. The van der Waals surface area contributed by atoms with Gasteiger partial charge >= 0.3 is 17.9 Å². The quantitative estimate of drug-likeness (QED) is 0.0264. The second-order valence-corrected chi connectivity index (χ2v) is 15.6. The SMILES string of the molecule is CC/C=C\C/C=C\C/C=C\C/C=C\CCC(=O)OC(COC(=O)CCCCCCC/C=C\C/C=C\CCC)COC(=O)CCCCCCCCC/C=C\C/C=C\C/C=C\CC. The topological polar surface area (TPSA) is 78.9 Å². The molecule has 0 bridgehead atoms. The third-order valence-corrected chi connectivity index (χ3v) is 9.74. The van der Waals surface area contributed by atoms with Crippen LogP contribution in [0.1, 0.15) is 201 Å². The second-order valence-electron chi connectivity index (χ2n) is 15.6. The van der Waals surface area contributed by atoms with Crippen molar-refractivity contribution in [3.63, 3.8) is 0 Å². The molecule has 1 atom stereocenters. The van der Waals surface area contributed by atoms with Gasteiger partial charge in [0, 0.05) is 19.3 Å². The molecule has 0 rings (SSSR count). The van der Waals surface area contributed by atoms with E-state index in [4.69, 9.17) is 14.2 Å². The molecule has 0 spiro atoms. The van der Waals surface area contributed by atoms with Crippen molar-refractivity contribution in [2.24, 2.45) is 0 Å². The summed E-state index contributed by atoms with van der Waals surface area (Å²) in [5.41, 5.74) is 0. The molecular weight excluding hydrogens is 757 g/mol. The Kier molecular flexibility index (Phi) is 45.6. The normalized spacial score (nSPS) is 13.0. The Labute approximate surface area is 374 Å². The van der Waals surface area contributed by atoms with E-state index in [9.17, 15) is 14.4 Å². The van der Waals surface area contributed by atoms with Crippen molar-refractivity contribution in [2.45, 2.75) is 207 Å². The van der Waals surface area contributed by atoms with Gasteiger partial charge in [-0.3, -0.25) is 14.4 Å². The van der Waals surface area contributed by atoms with Crippen molar-refractivity contribution >= 4 is 17.9 Å². The highest BCUT2D eigenvalue weighted by Crippen LogP contribution is 2.12. The van der Waals surface area contributed by atoms with Gasteiger partial charge in [-0.1, -0.05) is 188 Å². The third-order valence-electron chi connectivity index (χ3n) is 9.74. The number of unbranched alkanes of at least 4 members (excludes halogenated alkanes) is 13. The Balaban J connectivity index is 4.51. The monoisotopic (exact) mass is 845 g/mol. The van der Waals surface area contributed by atoms with Gasteiger partial charge in [-0.25, -0.2) is 0 Å². The Bertz CT molecular complexity index is 1290. The van der Waals surface area contributed by atoms with Gasteiger partial charge in [0.2, 0.25) is 0 Å². The molecule has 0 saturated heterocycles. The average Bonchev–Trinajstić information content (AvgIpc) is 3.26. The van der Waals surface area contributed by atoms with Crippen LogP contribution in [-0.2, 0) is 28.6 Å². The molecule has 0 N–H and O–H groups in total. The highest BCUT2D eigenvalue weighted by molar-refractivity contribution is 5.71. The van der Waals surface area contributed by atoms with Gasteiger partial charge < -0.3 is 14.2 Å². The fourth-order valence-corrected chi connectivity index (χ4v) is 6.15. The molecule has 0 heterocycles. The Morgan fingerprint density at radius 3 is 1.07 bits per heavy atom. The molecule has 0 aliphatic rings. The van der Waals surface area contributed by atoms with Crippen LogP contribution in [0.2, 0.25) is 0 Å². The van der Waals surface area contributed by atoms with Crippen LogP contribution in [0.25, 0.3) is 0 Å². The van der Waals surface area contributed by atoms with E-state index in [-0.39, 0.29) is 31.6 Å². The molecule has 0 fully saturated rings. The molecule has 0 aliphatic heterocycles. The third kappa shape index (κ3) is 47.0. The molecule has 0 amide bonds. The first kappa shape index (κ1) is 57.1. The fraction of sp³-hybridized carbons (Fsp3) is 0.618. The van der Waals surface area contributed by atoms with Gasteiger partial charge in [0.25, 0.3) is 0 Å². The van der Waals surface area contributed by atoms with E-state index >= 15 is 0 Å². The summed E-state index contributed by atoms with van der Waals surface area (Å²) in [7, 11) is 0. The van der Waals surface area contributed by atoms with E-state index in [0.29, 0.717) is 19.3 Å². The first-order valence-electron chi connectivity index (χ1n) is 24.4. The second kappa shape index (κ2) is 48.7. The fourth-order valence-electron chi connectivity index (χ4n) is 6.15. The molecule has 6 heteroatoms. The number of rotatable bonds is 42. The number of allylic oxidation sites excluding steroid dienone is 18. The zero-order valence-corrected chi connectivity index (χ0v) is 39.1. The van der Waals surface area contributed by atoms with Crippen LogP contribution in [-0.4, -0.2) is 37.2 Å². The lowest BCUT2D eigenvalue weighted by Gasteiger charge is -2.18. The molecule has 0 aromatic rings. The Hall–Kier alpha value is -3.93. The van der Waals surface area contributed by atoms with Gasteiger partial charge in [0.1, 0.15) is 13.2 Å². The number of hydrogen-bond donors (Lipinski definition) is 0. The summed E-state index contributed by atoms with van der Waals surface area (Å²) in [6.45, 7) is 6.24. The van der Waals surface area contributed by atoms with Crippen LogP contribution in [0, 0.1) is 0 Å². The van der Waals surface area contributed by atoms with E-state index in [2.05, 4.69) is 118 Å². The lowest BCUT2D eigenvalue weighted by Crippen LogP contribution is -2.30. The summed E-state index contributed by atoms with van der Waals surface area (Å²) in [6, 6.07) is 0. The van der Waals surface area contributed by atoms with E-state index in [1.165, 1.54) is 32.1 Å². The van der Waals surface area contributed by atoms with Crippen LogP contribution < -0.4 is 0 Å². The van der Waals surface area contributed by atoms with Gasteiger partial charge in [0.15, 0.2) is 6.10 Å². The molecular formula is C55H88O6. The maximum atomic E-state index is 12.7. The van der Waals surface area contributed by atoms with Crippen molar-refractivity contribution in [3.8, 4) is 0 Å². The zero-order chi connectivity index (χ0) is 44.4. The number of carbonyl (C=O) groups is 3. The average molecular weight is 845 g/mol. The maximum absolute atomic E-state index is 12.7. The highest BCUT2D eigenvalue weighted by Gasteiger charge is 2.19. The number of carbonyl (C=O) groups excluding carboxylic acids is 3. The van der Waals surface area contributed by atoms with Crippen molar-refractivity contribution in [2.75, 3.05) is 13.2 Å².